The Balaban J connectivity index is 2.91. The topological polar surface area (TPSA) is 39.2 Å². The summed E-state index contributed by atoms with van der Waals surface area (Å²) < 4.78 is 5.39. The number of aryl methyl sites for hydroxylation is 1. The largest absolute Gasteiger partial charge is 0.467 e. The fourth-order valence-electron chi connectivity index (χ4n) is 1.28. The summed E-state index contributed by atoms with van der Waals surface area (Å²) in [6.45, 7) is 8.52. The minimum absolute atomic E-state index is 0.00694. The molecule has 0 fully saturated rings. The van der Waals surface area contributed by atoms with E-state index in [1.165, 1.54) is 0 Å². The average Bonchev–Trinajstić information content (AvgIpc) is 2.50. The quantitative estimate of drug-likeness (QED) is 0.778. The van der Waals surface area contributed by atoms with Gasteiger partial charge in [0.1, 0.15) is 5.76 Å². The molecule has 1 aromatic heterocycles. The Morgan fingerprint density at radius 1 is 1.54 bits per heavy atom. The van der Waals surface area contributed by atoms with Crippen molar-refractivity contribution in [2.45, 2.75) is 40.2 Å². The third-order valence-electron chi connectivity index (χ3n) is 2.94. The van der Waals surface area contributed by atoms with Crippen LogP contribution >= 0.6 is 0 Å². The van der Waals surface area contributed by atoms with E-state index < -0.39 is 0 Å². The number of rotatable bonds is 3. The third kappa shape index (κ3) is 1.94. The highest BCUT2D eigenvalue weighted by atomic mass is 16.3. The number of nitrogens with two attached hydrogens (primary N) is 1. The van der Waals surface area contributed by atoms with Crippen LogP contribution < -0.4 is 5.73 Å². The van der Waals surface area contributed by atoms with Crippen molar-refractivity contribution in [1.29, 1.82) is 0 Å². The molecular weight excluding hydrogens is 162 g/mol. The Bertz CT molecular complexity index is 275. The molecule has 1 heterocycles. The van der Waals surface area contributed by atoms with E-state index in [2.05, 4.69) is 20.8 Å². The molecule has 0 aliphatic carbocycles. The van der Waals surface area contributed by atoms with E-state index in [0.717, 1.165) is 17.7 Å². The zero-order valence-corrected chi connectivity index (χ0v) is 8.92. The standard InChI is InChI=1S/C11H19NO/c1-5-11(3,4)10(12)9-8(2)6-7-13-9/h6-7,10H,5,12H2,1-4H3. The molecule has 1 unspecified atom stereocenters. The lowest BCUT2D eigenvalue weighted by Gasteiger charge is -2.29. The molecule has 74 valence electrons. The summed E-state index contributed by atoms with van der Waals surface area (Å²) in [5.74, 6) is 0.923. The third-order valence-corrected chi connectivity index (χ3v) is 2.94. The maximum absolute atomic E-state index is 6.13. The molecule has 0 spiro atoms. The summed E-state index contributed by atoms with van der Waals surface area (Å²) in [7, 11) is 0. The van der Waals surface area contributed by atoms with Crippen molar-refractivity contribution in [3.8, 4) is 0 Å². The average molecular weight is 181 g/mol. The molecule has 0 saturated heterocycles. The van der Waals surface area contributed by atoms with E-state index in [-0.39, 0.29) is 11.5 Å². The highest BCUT2D eigenvalue weighted by Gasteiger charge is 2.28. The molecule has 1 aromatic rings. The molecule has 0 amide bonds. The molecule has 0 radical (unpaired) electrons. The molecular formula is C11H19NO. The Hall–Kier alpha value is -0.760. The van der Waals surface area contributed by atoms with E-state index in [1.54, 1.807) is 6.26 Å². The van der Waals surface area contributed by atoms with Crippen LogP contribution in [-0.2, 0) is 0 Å². The normalized spacial score (nSPS) is 14.5. The molecule has 13 heavy (non-hydrogen) atoms. The predicted octanol–water partition coefficient (Wildman–Crippen LogP) is 3.02. The summed E-state index contributed by atoms with van der Waals surface area (Å²) >= 11 is 0. The van der Waals surface area contributed by atoms with Gasteiger partial charge in [0.15, 0.2) is 0 Å². The second-order valence-electron chi connectivity index (χ2n) is 4.29. The van der Waals surface area contributed by atoms with Crippen LogP contribution in [0.15, 0.2) is 16.7 Å². The first kappa shape index (κ1) is 10.3. The Morgan fingerprint density at radius 2 is 2.15 bits per heavy atom. The Kier molecular flexibility index (Phi) is 2.81. The zero-order chi connectivity index (χ0) is 10.1. The van der Waals surface area contributed by atoms with E-state index in [1.807, 2.05) is 13.0 Å². The molecule has 0 aromatic carbocycles. The molecule has 0 aliphatic heterocycles. The summed E-state index contributed by atoms with van der Waals surface area (Å²) in [5.41, 5.74) is 7.38. The van der Waals surface area contributed by atoms with Crippen molar-refractivity contribution in [3.05, 3.63) is 23.7 Å². The van der Waals surface area contributed by atoms with Crippen LogP contribution in [0.1, 0.15) is 44.6 Å². The summed E-state index contributed by atoms with van der Waals surface area (Å²) in [5, 5.41) is 0. The Labute approximate surface area is 80.1 Å². The minimum atomic E-state index is -0.00694. The van der Waals surface area contributed by atoms with Gasteiger partial charge in [-0.15, -0.1) is 0 Å². The van der Waals surface area contributed by atoms with E-state index in [0.29, 0.717) is 0 Å². The van der Waals surface area contributed by atoms with Crippen molar-refractivity contribution >= 4 is 0 Å². The number of furan rings is 1. The maximum atomic E-state index is 6.13. The maximum Gasteiger partial charge on any atom is 0.123 e. The van der Waals surface area contributed by atoms with Crippen LogP contribution in [0, 0.1) is 12.3 Å². The van der Waals surface area contributed by atoms with Gasteiger partial charge < -0.3 is 10.2 Å². The molecule has 2 heteroatoms. The van der Waals surface area contributed by atoms with Crippen LogP contribution in [-0.4, -0.2) is 0 Å². The van der Waals surface area contributed by atoms with Gasteiger partial charge in [0.05, 0.1) is 12.3 Å². The Morgan fingerprint density at radius 3 is 2.54 bits per heavy atom. The summed E-state index contributed by atoms with van der Waals surface area (Å²) in [6, 6.07) is 1.95. The van der Waals surface area contributed by atoms with Crippen molar-refractivity contribution in [2.24, 2.45) is 11.1 Å². The molecule has 0 aliphatic rings. The molecule has 1 rings (SSSR count). The molecule has 2 N–H and O–H groups in total. The van der Waals surface area contributed by atoms with Crippen LogP contribution in [0.2, 0.25) is 0 Å². The van der Waals surface area contributed by atoms with Gasteiger partial charge in [0.2, 0.25) is 0 Å². The molecule has 2 nitrogen and oxygen atoms in total. The predicted molar refractivity (Wildman–Crippen MR) is 54.4 cm³/mol. The van der Waals surface area contributed by atoms with Crippen LogP contribution in [0.25, 0.3) is 0 Å². The highest BCUT2D eigenvalue weighted by Crippen LogP contribution is 2.35. The second-order valence-corrected chi connectivity index (χ2v) is 4.29. The highest BCUT2D eigenvalue weighted by molar-refractivity contribution is 5.19. The van der Waals surface area contributed by atoms with Crippen LogP contribution in [0.3, 0.4) is 0 Å². The van der Waals surface area contributed by atoms with Crippen LogP contribution in [0.4, 0.5) is 0 Å². The SMILES string of the molecule is CCC(C)(C)C(N)c1occc1C. The van der Waals surface area contributed by atoms with E-state index in [4.69, 9.17) is 10.2 Å². The zero-order valence-electron chi connectivity index (χ0n) is 8.92. The van der Waals surface area contributed by atoms with Gasteiger partial charge in [0, 0.05) is 0 Å². The lowest BCUT2D eigenvalue weighted by Crippen LogP contribution is -2.28. The smallest absolute Gasteiger partial charge is 0.123 e. The van der Waals surface area contributed by atoms with Gasteiger partial charge in [-0.05, 0) is 30.4 Å². The van der Waals surface area contributed by atoms with Gasteiger partial charge in [-0.3, -0.25) is 0 Å². The fourth-order valence-corrected chi connectivity index (χ4v) is 1.28. The first-order valence-corrected chi connectivity index (χ1v) is 4.78. The summed E-state index contributed by atoms with van der Waals surface area (Å²) in [4.78, 5) is 0. The van der Waals surface area contributed by atoms with Crippen molar-refractivity contribution < 1.29 is 4.42 Å². The van der Waals surface area contributed by atoms with E-state index in [9.17, 15) is 0 Å². The minimum Gasteiger partial charge on any atom is -0.467 e. The van der Waals surface area contributed by atoms with Gasteiger partial charge in [-0.2, -0.15) is 0 Å². The molecule has 0 saturated carbocycles. The fraction of sp³-hybridized carbons (Fsp3) is 0.636. The van der Waals surface area contributed by atoms with Gasteiger partial charge >= 0.3 is 0 Å². The lowest BCUT2D eigenvalue weighted by atomic mass is 9.80. The summed E-state index contributed by atoms with van der Waals surface area (Å²) in [6.07, 6.45) is 2.75. The van der Waals surface area contributed by atoms with Crippen molar-refractivity contribution in [2.75, 3.05) is 0 Å². The first-order valence-electron chi connectivity index (χ1n) is 4.78. The second kappa shape index (κ2) is 3.54. The lowest BCUT2D eigenvalue weighted by molar-refractivity contribution is 0.246. The van der Waals surface area contributed by atoms with Crippen molar-refractivity contribution in [3.63, 3.8) is 0 Å². The first-order chi connectivity index (χ1) is 5.99. The monoisotopic (exact) mass is 181 g/mol. The molecule has 1 atom stereocenters. The van der Waals surface area contributed by atoms with Crippen LogP contribution in [0.5, 0.6) is 0 Å². The van der Waals surface area contributed by atoms with Crippen molar-refractivity contribution in [1.82, 2.24) is 0 Å². The molecule has 0 bridgehead atoms. The number of hydrogen-bond donors (Lipinski definition) is 1. The van der Waals surface area contributed by atoms with E-state index >= 15 is 0 Å². The van der Waals surface area contributed by atoms with Gasteiger partial charge in [-0.1, -0.05) is 20.8 Å². The van der Waals surface area contributed by atoms with Gasteiger partial charge in [0.25, 0.3) is 0 Å². The number of hydrogen-bond acceptors (Lipinski definition) is 2. The van der Waals surface area contributed by atoms with Gasteiger partial charge in [-0.25, -0.2) is 0 Å².